The number of aliphatic hydroxyl groups excluding tert-OH is 1. The minimum atomic E-state index is -1.51. The van der Waals surface area contributed by atoms with Crippen molar-refractivity contribution in [1.29, 1.82) is 0 Å². The van der Waals surface area contributed by atoms with Crippen LogP contribution in [0.2, 0.25) is 5.02 Å². The van der Waals surface area contributed by atoms with Crippen LogP contribution in [0.4, 0.5) is 4.79 Å². The second-order valence-corrected chi connectivity index (χ2v) is 12.0. The summed E-state index contributed by atoms with van der Waals surface area (Å²) >= 11 is 6.13. The first-order valence-electron chi connectivity index (χ1n) is 14.9. The topological polar surface area (TPSA) is 127 Å². The fraction of sp³-hybridized carbons (Fsp3) is 0.306. The summed E-state index contributed by atoms with van der Waals surface area (Å²) in [5, 5.41) is 24.3. The Morgan fingerprint density at radius 2 is 1.65 bits per heavy atom. The van der Waals surface area contributed by atoms with Crippen LogP contribution in [-0.4, -0.2) is 47.4 Å². The third kappa shape index (κ3) is 9.06. The number of hydrogen-bond acceptors (Lipinski definition) is 8. The highest BCUT2D eigenvalue weighted by molar-refractivity contribution is 6.30. The molecule has 1 atom stereocenters. The minimum absolute atomic E-state index is 0.0165. The van der Waals surface area contributed by atoms with Crippen molar-refractivity contribution in [2.75, 3.05) is 20.3 Å². The number of nitrogens with zero attached hydrogens (tertiary/aromatic N) is 1. The van der Waals surface area contributed by atoms with Crippen molar-refractivity contribution in [3.8, 4) is 22.8 Å². The zero-order valence-electron chi connectivity index (χ0n) is 26.4. The van der Waals surface area contributed by atoms with E-state index in [0.717, 1.165) is 11.1 Å². The van der Waals surface area contributed by atoms with E-state index in [9.17, 15) is 14.7 Å². The van der Waals surface area contributed by atoms with E-state index >= 15 is 0 Å². The summed E-state index contributed by atoms with van der Waals surface area (Å²) in [5.41, 5.74) is 1.16. The maximum Gasteiger partial charge on any atom is 0.408 e. The van der Waals surface area contributed by atoms with E-state index in [-0.39, 0.29) is 38.4 Å². The number of ketones is 1. The molecule has 4 rings (SSSR count). The molecule has 0 aliphatic heterocycles. The highest BCUT2D eigenvalue weighted by atomic mass is 35.5. The molecule has 0 aliphatic carbocycles. The molecule has 9 nitrogen and oxygen atoms in total. The highest BCUT2D eigenvalue weighted by Gasteiger charge is 2.31. The summed E-state index contributed by atoms with van der Waals surface area (Å²) in [4.78, 5) is 30.8. The molecule has 46 heavy (non-hydrogen) atoms. The number of aliphatic hydroxyl groups is 2. The van der Waals surface area contributed by atoms with Gasteiger partial charge in [0.2, 0.25) is 0 Å². The first-order chi connectivity index (χ1) is 21.9. The predicted octanol–water partition coefficient (Wildman–Crippen LogP) is 6.81. The van der Waals surface area contributed by atoms with Gasteiger partial charge in [-0.15, -0.1) is 0 Å². The van der Waals surface area contributed by atoms with Crippen LogP contribution in [0.1, 0.15) is 60.8 Å². The van der Waals surface area contributed by atoms with Crippen LogP contribution in [0.15, 0.2) is 84.9 Å². The van der Waals surface area contributed by atoms with E-state index < -0.39 is 17.2 Å². The van der Waals surface area contributed by atoms with Gasteiger partial charge in [-0.2, -0.15) is 0 Å². The summed E-state index contributed by atoms with van der Waals surface area (Å²) in [5.74, 6) is 0.575. The van der Waals surface area contributed by atoms with Gasteiger partial charge in [0.1, 0.15) is 18.8 Å². The van der Waals surface area contributed by atoms with Crippen molar-refractivity contribution in [3.63, 3.8) is 0 Å². The second kappa shape index (κ2) is 15.2. The molecule has 0 radical (unpaired) electrons. The lowest BCUT2D eigenvalue weighted by molar-refractivity contribution is 0.0396. The standard InChI is InChI=1S/C36H39ClN2O7/c1-35(2,39-34(42)46-23-24-8-6-5-7-9-24)27-21-29(25-10-13-28(37)14-11-25)38-33(22-27)36(3,43)17-16-30(41)26-12-15-31(45-19-18-40)32(20-26)44-4/h5-15,20-22,40,43H,16-19,23H2,1-4H3,(H,39,42). The zero-order chi connectivity index (χ0) is 33.3. The lowest BCUT2D eigenvalue weighted by Crippen LogP contribution is -2.41. The second-order valence-electron chi connectivity index (χ2n) is 11.6. The summed E-state index contributed by atoms with van der Waals surface area (Å²) < 4.78 is 16.3. The van der Waals surface area contributed by atoms with E-state index in [2.05, 4.69) is 5.32 Å². The van der Waals surface area contributed by atoms with Gasteiger partial charge >= 0.3 is 6.09 Å². The molecule has 1 heterocycles. The van der Waals surface area contributed by atoms with Crippen molar-refractivity contribution in [2.45, 2.75) is 51.4 Å². The SMILES string of the molecule is COc1cc(C(=O)CCC(C)(O)c2cc(C(C)(C)NC(=O)OCc3ccccc3)cc(-c3ccc(Cl)cc3)n2)ccc1OCCO. The van der Waals surface area contributed by atoms with Crippen LogP contribution >= 0.6 is 11.6 Å². The van der Waals surface area contributed by atoms with Crippen molar-refractivity contribution >= 4 is 23.5 Å². The number of aromatic nitrogens is 1. The van der Waals surface area contributed by atoms with Gasteiger partial charge in [0.15, 0.2) is 17.3 Å². The Balaban J connectivity index is 1.57. The average molecular weight is 647 g/mol. The third-order valence-corrected chi connectivity index (χ3v) is 7.79. The molecule has 0 saturated heterocycles. The van der Waals surface area contributed by atoms with E-state index in [1.165, 1.54) is 7.11 Å². The van der Waals surface area contributed by atoms with Crippen molar-refractivity contribution in [3.05, 3.63) is 112 Å². The van der Waals surface area contributed by atoms with E-state index in [1.54, 1.807) is 43.3 Å². The van der Waals surface area contributed by atoms with Crippen LogP contribution in [0.3, 0.4) is 0 Å². The van der Waals surface area contributed by atoms with Gasteiger partial charge in [-0.1, -0.05) is 54.1 Å². The van der Waals surface area contributed by atoms with Crippen LogP contribution in [-0.2, 0) is 22.5 Å². The molecule has 3 N–H and O–H groups in total. The molecule has 0 saturated carbocycles. The van der Waals surface area contributed by atoms with Crippen molar-refractivity contribution in [2.24, 2.45) is 0 Å². The lowest BCUT2D eigenvalue weighted by atomic mass is 9.87. The summed E-state index contributed by atoms with van der Waals surface area (Å²) in [7, 11) is 1.47. The van der Waals surface area contributed by atoms with Gasteiger partial charge in [-0.05, 0) is 80.8 Å². The quantitative estimate of drug-likeness (QED) is 0.128. The van der Waals surface area contributed by atoms with Gasteiger partial charge < -0.3 is 29.7 Å². The molecule has 1 unspecified atom stereocenters. The Morgan fingerprint density at radius 3 is 2.33 bits per heavy atom. The first kappa shape index (κ1) is 34.4. The van der Waals surface area contributed by atoms with E-state index in [1.807, 2.05) is 62.4 Å². The third-order valence-electron chi connectivity index (χ3n) is 7.54. The molecule has 10 heteroatoms. The minimum Gasteiger partial charge on any atom is -0.493 e. The van der Waals surface area contributed by atoms with Gasteiger partial charge in [-0.25, -0.2) is 9.78 Å². The molecule has 242 valence electrons. The number of Topliss-reactive ketones (excluding diaryl/α,β-unsaturated/α-hetero) is 1. The monoisotopic (exact) mass is 646 g/mol. The first-order valence-corrected chi connectivity index (χ1v) is 15.2. The molecular formula is C36H39ClN2O7. The highest BCUT2D eigenvalue weighted by Crippen LogP contribution is 2.34. The molecule has 0 spiro atoms. The molecule has 3 aromatic carbocycles. The van der Waals surface area contributed by atoms with Gasteiger partial charge in [0.25, 0.3) is 0 Å². The summed E-state index contributed by atoms with van der Waals surface area (Å²) in [6.45, 7) is 5.34. The zero-order valence-corrected chi connectivity index (χ0v) is 27.1. The normalized spacial score (nSPS) is 12.6. The number of nitrogens with one attached hydrogen (secondary N) is 1. The maximum atomic E-state index is 13.2. The fourth-order valence-corrected chi connectivity index (χ4v) is 4.89. The van der Waals surface area contributed by atoms with Crippen molar-refractivity contribution < 1.29 is 34.0 Å². The number of ether oxygens (including phenoxy) is 3. The molecule has 0 fully saturated rings. The number of amides is 1. The maximum absolute atomic E-state index is 13.2. The Kier molecular flexibility index (Phi) is 11.4. The number of carbonyl (C=O) groups excluding carboxylic acids is 2. The smallest absolute Gasteiger partial charge is 0.408 e. The Labute approximate surface area is 274 Å². The number of rotatable bonds is 14. The van der Waals surface area contributed by atoms with Crippen LogP contribution in [0.25, 0.3) is 11.3 Å². The molecule has 4 aromatic rings. The molecular weight excluding hydrogens is 608 g/mol. The number of alkyl carbamates (subject to hydrolysis) is 1. The Hall–Kier alpha value is -4.44. The molecule has 1 amide bonds. The molecule has 0 bridgehead atoms. The van der Waals surface area contributed by atoms with Crippen molar-refractivity contribution in [1.82, 2.24) is 10.3 Å². The van der Waals surface area contributed by atoms with Gasteiger partial charge in [0.05, 0.1) is 30.6 Å². The largest absolute Gasteiger partial charge is 0.493 e. The predicted molar refractivity (Wildman–Crippen MR) is 176 cm³/mol. The number of benzene rings is 3. The fourth-order valence-electron chi connectivity index (χ4n) is 4.77. The molecule has 1 aromatic heterocycles. The number of halogens is 1. The number of pyridine rings is 1. The van der Waals surface area contributed by atoms with E-state index in [4.69, 9.17) is 35.9 Å². The van der Waals surface area contributed by atoms with E-state index in [0.29, 0.717) is 39.0 Å². The summed E-state index contributed by atoms with van der Waals surface area (Å²) in [6, 6.07) is 24.9. The van der Waals surface area contributed by atoms with Crippen LogP contribution < -0.4 is 14.8 Å². The van der Waals surface area contributed by atoms with Gasteiger partial charge in [-0.3, -0.25) is 4.79 Å². The average Bonchev–Trinajstić information content (AvgIpc) is 3.05. The van der Waals surface area contributed by atoms with Gasteiger partial charge in [0, 0.05) is 22.6 Å². The number of methoxy groups -OCH3 is 1. The Bertz CT molecular complexity index is 1640. The Morgan fingerprint density at radius 1 is 0.935 bits per heavy atom. The van der Waals surface area contributed by atoms with Crippen LogP contribution in [0, 0.1) is 0 Å². The number of hydrogen-bond donors (Lipinski definition) is 3. The lowest BCUT2D eigenvalue weighted by Gasteiger charge is -2.30. The molecule has 0 aliphatic rings. The summed E-state index contributed by atoms with van der Waals surface area (Å²) in [6.07, 6.45) is -0.510. The number of carbonyl (C=O) groups is 2. The van der Waals surface area contributed by atoms with Crippen LogP contribution in [0.5, 0.6) is 11.5 Å².